The minimum atomic E-state index is -1.05. The molecule has 2 atom stereocenters. The van der Waals surface area contributed by atoms with Crippen LogP contribution in [-0.4, -0.2) is 34.2 Å². The second-order valence-electron chi connectivity index (χ2n) is 6.37. The molecule has 7 heteroatoms. The molecule has 0 aliphatic rings. The van der Waals surface area contributed by atoms with Gasteiger partial charge in [0.15, 0.2) is 0 Å². The lowest BCUT2D eigenvalue weighted by atomic mass is 10.1. The topological polar surface area (TPSA) is 125 Å². The van der Waals surface area contributed by atoms with Gasteiger partial charge in [-0.25, -0.2) is 5.48 Å². The highest BCUT2D eigenvalue weighted by Crippen LogP contribution is 2.07. The first-order chi connectivity index (χ1) is 13.9. The smallest absolute Gasteiger partial charge is 0.267 e. The van der Waals surface area contributed by atoms with Crippen molar-refractivity contribution in [2.75, 3.05) is 0 Å². The molecule has 0 aromatic heterocycles. The van der Waals surface area contributed by atoms with E-state index in [1.165, 1.54) is 5.48 Å². The highest BCUT2D eigenvalue weighted by Gasteiger charge is 2.24. The first-order valence-corrected chi connectivity index (χ1v) is 8.93. The maximum absolute atomic E-state index is 12.3. The summed E-state index contributed by atoms with van der Waals surface area (Å²) in [5.41, 5.74) is 10.0. The van der Waals surface area contributed by atoms with Gasteiger partial charge in [-0.05, 0) is 54.5 Å². The number of amides is 2. The molecule has 7 nitrogen and oxygen atoms in total. The fourth-order valence-corrected chi connectivity index (χ4v) is 2.43. The summed E-state index contributed by atoms with van der Waals surface area (Å²) in [6.45, 7) is 1.55. The standard InChI is InChI=1S/C22H23N3O4/c1-15(23)20(22(28)25-29)24-21(27)19-12-10-17(11-13-19)5-3-2-4-16-6-8-18(14-26)9-7-16/h3,5-13,15,20,26,29H,14,23H2,1H3,(H,24,27)(H,25,28)/t15-,20+/m1/s1. The lowest BCUT2D eigenvalue weighted by Crippen LogP contribution is -2.54. The number of rotatable bonds is 6. The summed E-state index contributed by atoms with van der Waals surface area (Å²) in [5, 5.41) is 20.2. The molecule has 6 N–H and O–H groups in total. The molecule has 0 saturated carbocycles. The number of nitrogens with two attached hydrogens (primary N) is 1. The van der Waals surface area contributed by atoms with Crippen LogP contribution in [0.5, 0.6) is 0 Å². The van der Waals surface area contributed by atoms with Gasteiger partial charge in [0.2, 0.25) is 0 Å². The van der Waals surface area contributed by atoms with Gasteiger partial charge in [-0.1, -0.05) is 36.1 Å². The van der Waals surface area contributed by atoms with Crippen molar-refractivity contribution in [2.45, 2.75) is 25.6 Å². The van der Waals surface area contributed by atoms with Crippen LogP contribution in [0.25, 0.3) is 6.08 Å². The van der Waals surface area contributed by atoms with Crippen molar-refractivity contribution in [3.8, 4) is 11.8 Å². The fourth-order valence-electron chi connectivity index (χ4n) is 2.43. The normalized spacial score (nSPS) is 12.6. The molecule has 0 bridgehead atoms. The third kappa shape index (κ3) is 6.59. The van der Waals surface area contributed by atoms with E-state index in [2.05, 4.69) is 17.2 Å². The summed E-state index contributed by atoms with van der Waals surface area (Å²) < 4.78 is 0. The molecule has 0 spiro atoms. The molecule has 0 saturated heterocycles. The average Bonchev–Trinajstić information content (AvgIpc) is 2.75. The molecule has 2 rings (SSSR count). The Labute approximate surface area is 169 Å². The number of hydrogen-bond donors (Lipinski definition) is 5. The molecule has 2 amide bonds. The SMILES string of the molecule is C[C@@H](N)[C@H](NC(=O)c1ccc(C=CC#Cc2ccc(CO)cc2)cc1)C(=O)NO. The van der Waals surface area contributed by atoms with Crippen LogP contribution < -0.4 is 16.5 Å². The molecule has 0 fully saturated rings. The van der Waals surface area contributed by atoms with E-state index in [0.717, 1.165) is 16.7 Å². The molecule has 2 aromatic rings. The minimum absolute atomic E-state index is 0.00215. The quantitative estimate of drug-likeness (QED) is 0.286. The number of hydroxylamine groups is 1. The van der Waals surface area contributed by atoms with Gasteiger partial charge >= 0.3 is 0 Å². The van der Waals surface area contributed by atoms with E-state index in [4.69, 9.17) is 16.0 Å². The van der Waals surface area contributed by atoms with Crippen molar-refractivity contribution in [3.63, 3.8) is 0 Å². The molecular weight excluding hydrogens is 370 g/mol. The number of carbonyl (C=O) groups excluding carboxylic acids is 2. The summed E-state index contributed by atoms with van der Waals surface area (Å²) >= 11 is 0. The van der Waals surface area contributed by atoms with Crippen molar-refractivity contribution in [1.29, 1.82) is 0 Å². The Morgan fingerprint density at radius 3 is 2.34 bits per heavy atom. The molecule has 29 heavy (non-hydrogen) atoms. The first kappa shape index (κ1) is 21.9. The number of benzene rings is 2. The molecule has 0 radical (unpaired) electrons. The molecule has 150 valence electrons. The van der Waals surface area contributed by atoms with Crippen molar-refractivity contribution < 1.29 is 19.9 Å². The van der Waals surface area contributed by atoms with E-state index >= 15 is 0 Å². The average molecular weight is 393 g/mol. The van der Waals surface area contributed by atoms with E-state index in [1.807, 2.05) is 24.3 Å². The predicted molar refractivity (Wildman–Crippen MR) is 110 cm³/mol. The Morgan fingerprint density at radius 2 is 1.79 bits per heavy atom. The van der Waals surface area contributed by atoms with Gasteiger partial charge in [0, 0.05) is 17.2 Å². The van der Waals surface area contributed by atoms with E-state index < -0.39 is 23.9 Å². The fraction of sp³-hybridized carbons (Fsp3) is 0.182. The van der Waals surface area contributed by atoms with Gasteiger partial charge in [-0.15, -0.1) is 0 Å². The number of hydrogen-bond acceptors (Lipinski definition) is 5. The van der Waals surface area contributed by atoms with Crippen LogP contribution in [0.15, 0.2) is 54.6 Å². The molecular formula is C22H23N3O4. The third-order valence-electron chi connectivity index (χ3n) is 4.09. The lowest BCUT2D eigenvalue weighted by molar-refractivity contribution is -0.131. The number of aliphatic hydroxyl groups excluding tert-OH is 1. The molecule has 2 aromatic carbocycles. The molecule has 0 aliphatic carbocycles. The Hall–Kier alpha value is -3.44. The number of aliphatic hydroxyl groups is 1. The third-order valence-corrected chi connectivity index (χ3v) is 4.09. The molecule has 0 aliphatic heterocycles. The van der Waals surface area contributed by atoms with Crippen LogP contribution in [0.1, 0.15) is 34.0 Å². The van der Waals surface area contributed by atoms with E-state index in [-0.39, 0.29) is 6.61 Å². The highest BCUT2D eigenvalue weighted by atomic mass is 16.5. The summed E-state index contributed by atoms with van der Waals surface area (Å²) in [4.78, 5) is 23.8. The van der Waals surface area contributed by atoms with Crippen molar-refractivity contribution in [3.05, 3.63) is 76.9 Å². The lowest BCUT2D eigenvalue weighted by Gasteiger charge is -2.20. The predicted octanol–water partition coefficient (Wildman–Crippen LogP) is 1.19. The van der Waals surface area contributed by atoms with Crippen LogP contribution in [0.3, 0.4) is 0 Å². The Morgan fingerprint density at radius 1 is 1.14 bits per heavy atom. The maximum atomic E-state index is 12.3. The summed E-state index contributed by atoms with van der Waals surface area (Å²) in [7, 11) is 0. The zero-order valence-corrected chi connectivity index (χ0v) is 15.9. The van der Waals surface area contributed by atoms with Crippen molar-refractivity contribution in [1.82, 2.24) is 10.8 Å². The zero-order chi connectivity index (χ0) is 21.2. The van der Waals surface area contributed by atoms with Crippen LogP contribution >= 0.6 is 0 Å². The second kappa shape index (κ2) is 10.8. The minimum Gasteiger partial charge on any atom is -0.392 e. The highest BCUT2D eigenvalue weighted by molar-refractivity contribution is 5.97. The molecule has 0 unspecified atom stereocenters. The van der Waals surface area contributed by atoms with Gasteiger partial charge in [-0.2, -0.15) is 0 Å². The molecule has 0 heterocycles. The number of carbonyl (C=O) groups is 2. The van der Waals surface area contributed by atoms with E-state index in [9.17, 15) is 9.59 Å². The van der Waals surface area contributed by atoms with Crippen LogP contribution in [0.4, 0.5) is 0 Å². The Balaban J connectivity index is 1.99. The van der Waals surface area contributed by atoms with Crippen LogP contribution in [0, 0.1) is 11.8 Å². The van der Waals surface area contributed by atoms with E-state index in [0.29, 0.717) is 5.56 Å². The van der Waals surface area contributed by atoms with Crippen LogP contribution in [0.2, 0.25) is 0 Å². The van der Waals surface area contributed by atoms with Gasteiger partial charge in [-0.3, -0.25) is 14.8 Å². The second-order valence-corrected chi connectivity index (χ2v) is 6.37. The summed E-state index contributed by atoms with van der Waals surface area (Å²) in [6, 6.07) is 12.3. The van der Waals surface area contributed by atoms with Gasteiger partial charge in [0.05, 0.1) is 6.61 Å². The Kier molecular flexibility index (Phi) is 8.12. The largest absolute Gasteiger partial charge is 0.392 e. The van der Waals surface area contributed by atoms with Gasteiger partial charge < -0.3 is 16.2 Å². The number of allylic oxidation sites excluding steroid dienone is 1. The van der Waals surface area contributed by atoms with Crippen molar-refractivity contribution in [2.24, 2.45) is 5.73 Å². The zero-order valence-electron chi connectivity index (χ0n) is 15.9. The van der Waals surface area contributed by atoms with Crippen LogP contribution in [-0.2, 0) is 11.4 Å². The monoisotopic (exact) mass is 393 g/mol. The maximum Gasteiger partial charge on any atom is 0.267 e. The number of nitrogens with one attached hydrogen (secondary N) is 2. The van der Waals surface area contributed by atoms with Gasteiger partial charge in [0.25, 0.3) is 11.8 Å². The van der Waals surface area contributed by atoms with Crippen molar-refractivity contribution >= 4 is 17.9 Å². The first-order valence-electron chi connectivity index (χ1n) is 8.93. The summed E-state index contributed by atoms with van der Waals surface area (Å²) in [5.74, 6) is 4.66. The van der Waals surface area contributed by atoms with Gasteiger partial charge in [0.1, 0.15) is 6.04 Å². The summed E-state index contributed by atoms with van der Waals surface area (Å²) in [6.07, 6.45) is 3.51. The Bertz CT molecular complexity index is 923. The van der Waals surface area contributed by atoms with E-state index in [1.54, 1.807) is 43.3 Å².